The molecule has 1 aliphatic heterocycles. The maximum Gasteiger partial charge on any atom is 0.202 e. The number of nitrogens with zero attached hydrogens (tertiary/aromatic N) is 3. The van der Waals surface area contributed by atoms with Gasteiger partial charge >= 0.3 is 0 Å². The van der Waals surface area contributed by atoms with Crippen LogP contribution in [0.2, 0.25) is 0 Å². The molecule has 1 N–H and O–H groups in total. The molecule has 0 fully saturated rings. The van der Waals surface area contributed by atoms with Crippen LogP contribution in [0.4, 0.5) is 0 Å². The Labute approximate surface area is 106 Å². The van der Waals surface area contributed by atoms with Crippen LogP contribution < -0.4 is 5.48 Å². The highest BCUT2D eigenvalue weighted by molar-refractivity contribution is 7.94. The summed E-state index contributed by atoms with van der Waals surface area (Å²) in [5, 5.41) is 4.10. The minimum Gasteiger partial charge on any atom is -0.265 e. The molecule has 8 heteroatoms. The van der Waals surface area contributed by atoms with Crippen molar-refractivity contribution < 1.29 is 13.3 Å². The van der Waals surface area contributed by atoms with E-state index in [1.807, 2.05) is 0 Å². The molecule has 2 heterocycles. The summed E-state index contributed by atoms with van der Waals surface area (Å²) < 4.78 is 25.8. The second-order valence-electron chi connectivity index (χ2n) is 4.77. The lowest BCUT2D eigenvalue weighted by Gasteiger charge is -2.11. The number of hydrogen-bond donors (Lipinski definition) is 1. The van der Waals surface area contributed by atoms with Crippen LogP contribution in [0.5, 0.6) is 0 Å². The summed E-state index contributed by atoms with van der Waals surface area (Å²) in [4.78, 5) is 9.23. The van der Waals surface area contributed by atoms with Gasteiger partial charge in [-0.05, 0) is 26.8 Å². The zero-order valence-electron chi connectivity index (χ0n) is 10.8. The van der Waals surface area contributed by atoms with Gasteiger partial charge in [0.25, 0.3) is 0 Å². The van der Waals surface area contributed by atoms with Crippen molar-refractivity contribution in [3.8, 4) is 0 Å². The van der Waals surface area contributed by atoms with E-state index >= 15 is 0 Å². The Morgan fingerprint density at radius 2 is 2.17 bits per heavy atom. The number of rotatable bonds is 3. The molecule has 0 bridgehead atoms. The molecule has 0 amide bonds. The molecular weight excluding hydrogens is 256 g/mol. The minimum atomic E-state index is -3.49. The summed E-state index contributed by atoms with van der Waals surface area (Å²) in [6.07, 6.45) is 1.55. The molecule has 0 atom stereocenters. The van der Waals surface area contributed by atoms with Crippen molar-refractivity contribution in [2.45, 2.75) is 32.1 Å². The van der Waals surface area contributed by atoms with Gasteiger partial charge in [0.1, 0.15) is 23.0 Å². The van der Waals surface area contributed by atoms with E-state index in [-0.39, 0.29) is 10.8 Å². The summed E-state index contributed by atoms with van der Waals surface area (Å²) in [6.45, 7) is 5.26. The van der Waals surface area contributed by atoms with Crippen LogP contribution in [-0.4, -0.2) is 28.8 Å². The van der Waals surface area contributed by atoms with E-state index in [0.717, 1.165) is 0 Å². The zero-order chi connectivity index (χ0) is 13.6. The third-order valence-corrected chi connectivity index (χ3v) is 4.02. The van der Waals surface area contributed by atoms with Crippen molar-refractivity contribution >= 4 is 9.84 Å². The van der Waals surface area contributed by atoms with Crippen LogP contribution in [0.1, 0.15) is 25.5 Å². The van der Waals surface area contributed by atoms with Gasteiger partial charge in [-0.1, -0.05) is 0 Å². The van der Waals surface area contributed by atoms with Gasteiger partial charge in [-0.15, -0.1) is 0 Å². The maximum atomic E-state index is 12.2. The van der Waals surface area contributed by atoms with Gasteiger partial charge in [-0.2, -0.15) is 5.10 Å². The quantitative estimate of drug-likeness (QED) is 0.845. The Bertz CT molecular complexity index is 601. The smallest absolute Gasteiger partial charge is 0.202 e. The molecule has 0 aromatic carbocycles. The van der Waals surface area contributed by atoms with Crippen LogP contribution in [0.15, 0.2) is 11.1 Å². The van der Waals surface area contributed by atoms with E-state index in [1.54, 1.807) is 33.9 Å². The molecule has 0 unspecified atom stereocenters. The zero-order valence-corrected chi connectivity index (χ0v) is 11.6. The fourth-order valence-electron chi connectivity index (χ4n) is 1.64. The predicted molar refractivity (Wildman–Crippen MR) is 64.7 cm³/mol. The van der Waals surface area contributed by atoms with E-state index in [0.29, 0.717) is 11.6 Å². The Hall–Kier alpha value is -1.41. The molecule has 2 rings (SSSR count). The summed E-state index contributed by atoms with van der Waals surface area (Å²) in [5.41, 5.74) is 1.82. The topological polar surface area (TPSA) is 86.1 Å². The van der Waals surface area contributed by atoms with Crippen LogP contribution in [0.25, 0.3) is 0 Å². The fourth-order valence-corrected chi connectivity index (χ4v) is 3.02. The van der Waals surface area contributed by atoms with Crippen LogP contribution >= 0.6 is 0 Å². The van der Waals surface area contributed by atoms with Crippen molar-refractivity contribution in [1.29, 1.82) is 0 Å². The molecule has 1 aromatic rings. The van der Waals surface area contributed by atoms with Gasteiger partial charge in [0.2, 0.25) is 9.84 Å². The Kier molecular flexibility index (Phi) is 2.94. The Morgan fingerprint density at radius 1 is 1.50 bits per heavy atom. The average Bonchev–Trinajstić information content (AvgIpc) is 2.70. The SMILES string of the molecule is Cc1nc(CS(=O)(=O)C2=CC(C)(C)ON2)n(C)n1. The highest BCUT2D eigenvalue weighted by atomic mass is 32.2. The molecule has 0 radical (unpaired) electrons. The first-order valence-electron chi connectivity index (χ1n) is 5.46. The highest BCUT2D eigenvalue weighted by Crippen LogP contribution is 2.23. The van der Waals surface area contributed by atoms with E-state index in [1.165, 1.54) is 4.68 Å². The van der Waals surface area contributed by atoms with E-state index in [2.05, 4.69) is 15.6 Å². The van der Waals surface area contributed by atoms with Crippen LogP contribution in [0, 0.1) is 6.92 Å². The average molecular weight is 272 g/mol. The van der Waals surface area contributed by atoms with E-state index in [9.17, 15) is 8.42 Å². The lowest BCUT2D eigenvalue weighted by molar-refractivity contribution is -0.0129. The maximum absolute atomic E-state index is 12.2. The normalized spacial score (nSPS) is 18.6. The lowest BCUT2D eigenvalue weighted by atomic mass is 10.1. The largest absolute Gasteiger partial charge is 0.265 e. The molecular formula is C10H16N4O3S. The van der Waals surface area contributed by atoms with Crippen molar-refractivity contribution in [1.82, 2.24) is 20.2 Å². The molecule has 0 saturated carbocycles. The standard InChI is InChI=1S/C10H16N4O3S/c1-7-11-8(14(4)12-7)6-18(15,16)9-5-10(2,3)17-13-9/h5,13H,6H2,1-4H3. The molecule has 100 valence electrons. The number of hydroxylamine groups is 1. The van der Waals surface area contributed by atoms with Gasteiger partial charge < -0.3 is 0 Å². The van der Waals surface area contributed by atoms with Crippen molar-refractivity contribution in [3.63, 3.8) is 0 Å². The molecule has 1 aromatic heterocycles. The van der Waals surface area contributed by atoms with Crippen LogP contribution in [0.3, 0.4) is 0 Å². The Morgan fingerprint density at radius 3 is 2.61 bits per heavy atom. The lowest BCUT2D eigenvalue weighted by Crippen LogP contribution is -2.22. The monoisotopic (exact) mass is 272 g/mol. The Balaban J connectivity index is 2.26. The van der Waals surface area contributed by atoms with E-state index < -0.39 is 15.4 Å². The van der Waals surface area contributed by atoms with E-state index in [4.69, 9.17) is 4.84 Å². The second-order valence-corrected chi connectivity index (χ2v) is 6.73. The third-order valence-electron chi connectivity index (χ3n) is 2.51. The highest BCUT2D eigenvalue weighted by Gasteiger charge is 2.32. The summed E-state index contributed by atoms with van der Waals surface area (Å²) in [5.74, 6) is 0.746. The third kappa shape index (κ3) is 2.54. The summed E-state index contributed by atoms with van der Waals surface area (Å²) in [6, 6.07) is 0. The minimum absolute atomic E-state index is 0.0770. The van der Waals surface area contributed by atoms with Crippen molar-refractivity contribution in [2.24, 2.45) is 7.05 Å². The van der Waals surface area contributed by atoms with Crippen molar-refractivity contribution in [2.75, 3.05) is 0 Å². The molecule has 0 saturated heterocycles. The second kappa shape index (κ2) is 4.06. The predicted octanol–water partition coefficient (Wildman–Crippen LogP) is 0.193. The van der Waals surface area contributed by atoms with Crippen molar-refractivity contribution in [3.05, 3.63) is 22.8 Å². The molecule has 7 nitrogen and oxygen atoms in total. The first-order chi connectivity index (χ1) is 8.20. The number of sulfone groups is 1. The fraction of sp³-hybridized carbons (Fsp3) is 0.600. The van der Waals surface area contributed by atoms with Crippen LogP contribution in [-0.2, 0) is 27.5 Å². The number of nitrogens with one attached hydrogen (secondary N) is 1. The summed E-state index contributed by atoms with van der Waals surface area (Å²) >= 11 is 0. The number of hydrogen-bond acceptors (Lipinski definition) is 6. The van der Waals surface area contributed by atoms with Gasteiger partial charge in [0.05, 0.1) is 0 Å². The molecule has 18 heavy (non-hydrogen) atoms. The molecule has 0 spiro atoms. The first kappa shape index (κ1) is 13.0. The van der Waals surface area contributed by atoms with Gasteiger partial charge in [0, 0.05) is 7.05 Å². The molecule has 1 aliphatic rings. The number of aryl methyl sites for hydroxylation is 2. The van der Waals surface area contributed by atoms with Gasteiger partial charge in [-0.25, -0.2) is 13.4 Å². The molecule has 0 aliphatic carbocycles. The first-order valence-corrected chi connectivity index (χ1v) is 7.11. The number of aromatic nitrogens is 3. The van der Waals surface area contributed by atoms with Gasteiger partial charge in [0.15, 0.2) is 5.03 Å². The van der Waals surface area contributed by atoms with Gasteiger partial charge in [-0.3, -0.25) is 15.0 Å². The summed E-state index contributed by atoms with van der Waals surface area (Å²) in [7, 11) is -1.82.